The Balaban J connectivity index is 1.59. The Morgan fingerprint density at radius 1 is 1.08 bits per heavy atom. The fraction of sp³-hybridized carbons (Fsp3) is 0.571. The number of amides is 1. The van der Waals surface area contributed by atoms with Crippen LogP contribution in [-0.4, -0.2) is 26.9 Å². The highest BCUT2D eigenvalue weighted by atomic mass is 16.2. The SMILES string of the molecule is O=C(C1CCC1)N1CCCC1c1nc2ccccc2c(=O)n1CC1CC1. The lowest BCUT2D eigenvalue weighted by molar-refractivity contribution is -0.139. The number of hydrogen-bond donors (Lipinski definition) is 0. The molecule has 3 fully saturated rings. The molecule has 5 heteroatoms. The number of hydrogen-bond acceptors (Lipinski definition) is 3. The second-order valence-corrected chi connectivity index (χ2v) is 8.16. The number of aromatic nitrogens is 2. The maximum Gasteiger partial charge on any atom is 0.261 e. The van der Waals surface area contributed by atoms with Crippen LogP contribution in [0.1, 0.15) is 56.8 Å². The predicted octanol–water partition coefficient (Wildman–Crippen LogP) is 3.27. The molecule has 0 N–H and O–H groups in total. The van der Waals surface area contributed by atoms with Crippen LogP contribution in [0.2, 0.25) is 0 Å². The van der Waals surface area contributed by atoms with E-state index in [2.05, 4.69) is 0 Å². The van der Waals surface area contributed by atoms with Gasteiger partial charge in [-0.15, -0.1) is 0 Å². The van der Waals surface area contributed by atoms with E-state index in [1.807, 2.05) is 33.7 Å². The topological polar surface area (TPSA) is 55.2 Å². The van der Waals surface area contributed by atoms with E-state index in [4.69, 9.17) is 4.98 Å². The summed E-state index contributed by atoms with van der Waals surface area (Å²) in [4.78, 5) is 33.0. The van der Waals surface area contributed by atoms with E-state index in [1.165, 1.54) is 12.8 Å². The van der Waals surface area contributed by atoms with E-state index in [-0.39, 0.29) is 23.4 Å². The molecule has 0 bridgehead atoms. The molecule has 2 saturated carbocycles. The van der Waals surface area contributed by atoms with Crippen molar-refractivity contribution < 1.29 is 4.79 Å². The molecule has 26 heavy (non-hydrogen) atoms. The zero-order chi connectivity index (χ0) is 17.7. The van der Waals surface area contributed by atoms with E-state index in [1.54, 1.807) is 0 Å². The number of para-hydroxylation sites is 1. The molecule has 1 aromatic heterocycles. The molecular weight excluding hydrogens is 326 g/mol. The zero-order valence-corrected chi connectivity index (χ0v) is 15.1. The van der Waals surface area contributed by atoms with Crippen LogP contribution >= 0.6 is 0 Å². The number of carbonyl (C=O) groups excluding carboxylic acids is 1. The molecule has 1 aromatic carbocycles. The van der Waals surface area contributed by atoms with E-state index in [0.29, 0.717) is 11.3 Å². The number of fused-ring (bicyclic) bond motifs is 1. The van der Waals surface area contributed by atoms with Gasteiger partial charge in [0.1, 0.15) is 5.82 Å². The molecule has 1 aliphatic heterocycles. The second kappa shape index (κ2) is 6.22. The van der Waals surface area contributed by atoms with Crippen LogP contribution in [0.15, 0.2) is 29.1 Å². The number of likely N-dealkylation sites (tertiary alicyclic amines) is 1. The Morgan fingerprint density at radius 2 is 1.88 bits per heavy atom. The van der Waals surface area contributed by atoms with Crippen molar-refractivity contribution in [2.45, 2.75) is 57.5 Å². The van der Waals surface area contributed by atoms with Gasteiger partial charge in [-0.2, -0.15) is 0 Å². The quantitative estimate of drug-likeness (QED) is 0.849. The first-order valence-corrected chi connectivity index (χ1v) is 10.0. The Labute approximate surface area is 153 Å². The van der Waals surface area contributed by atoms with Gasteiger partial charge >= 0.3 is 0 Å². The van der Waals surface area contributed by atoms with Gasteiger partial charge in [-0.3, -0.25) is 14.2 Å². The van der Waals surface area contributed by atoms with Gasteiger partial charge in [-0.25, -0.2) is 4.98 Å². The molecule has 0 radical (unpaired) electrons. The normalized spacial score (nSPS) is 23.4. The molecule has 1 unspecified atom stereocenters. The monoisotopic (exact) mass is 351 g/mol. The molecule has 136 valence electrons. The van der Waals surface area contributed by atoms with Gasteiger partial charge in [0.15, 0.2) is 0 Å². The molecule has 3 aliphatic rings. The summed E-state index contributed by atoms with van der Waals surface area (Å²) in [7, 11) is 0. The Bertz CT molecular complexity index is 911. The lowest BCUT2D eigenvalue weighted by atomic mass is 9.84. The Morgan fingerprint density at radius 3 is 2.62 bits per heavy atom. The highest BCUT2D eigenvalue weighted by Crippen LogP contribution is 2.38. The average molecular weight is 351 g/mol. The van der Waals surface area contributed by atoms with Crippen molar-refractivity contribution in [3.05, 3.63) is 40.4 Å². The first kappa shape index (κ1) is 16.0. The molecule has 1 atom stereocenters. The average Bonchev–Trinajstić information content (AvgIpc) is 3.28. The van der Waals surface area contributed by atoms with Crippen molar-refractivity contribution in [1.82, 2.24) is 14.5 Å². The lowest BCUT2D eigenvalue weighted by Crippen LogP contribution is -2.40. The van der Waals surface area contributed by atoms with Crippen LogP contribution in [0.25, 0.3) is 10.9 Å². The number of nitrogens with zero attached hydrogens (tertiary/aromatic N) is 3. The highest BCUT2D eigenvalue weighted by Gasteiger charge is 2.38. The summed E-state index contributed by atoms with van der Waals surface area (Å²) >= 11 is 0. The van der Waals surface area contributed by atoms with E-state index in [0.717, 1.165) is 56.5 Å². The van der Waals surface area contributed by atoms with Crippen LogP contribution in [-0.2, 0) is 11.3 Å². The van der Waals surface area contributed by atoms with Gasteiger partial charge in [0.2, 0.25) is 5.91 Å². The van der Waals surface area contributed by atoms with Crippen molar-refractivity contribution >= 4 is 16.8 Å². The molecule has 5 rings (SSSR count). The number of carbonyl (C=O) groups is 1. The van der Waals surface area contributed by atoms with Crippen molar-refractivity contribution in [2.24, 2.45) is 11.8 Å². The summed E-state index contributed by atoms with van der Waals surface area (Å²) in [6.45, 7) is 1.54. The Hall–Kier alpha value is -2.17. The van der Waals surface area contributed by atoms with Crippen molar-refractivity contribution in [1.29, 1.82) is 0 Å². The number of benzene rings is 1. The Kier molecular flexibility index (Phi) is 3.84. The van der Waals surface area contributed by atoms with Crippen molar-refractivity contribution in [3.8, 4) is 0 Å². The van der Waals surface area contributed by atoms with Crippen LogP contribution in [0.3, 0.4) is 0 Å². The van der Waals surface area contributed by atoms with Crippen LogP contribution < -0.4 is 5.56 Å². The summed E-state index contributed by atoms with van der Waals surface area (Å²) in [6.07, 6.45) is 7.48. The lowest BCUT2D eigenvalue weighted by Gasteiger charge is -2.33. The third-order valence-corrected chi connectivity index (χ3v) is 6.32. The minimum absolute atomic E-state index is 0.0424. The second-order valence-electron chi connectivity index (χ2n) is 8.16. The zero-order valence-electron chi connectivity index (χ0n) is 15.1. The third-order valence-electron chi connectivity index (χ3n) is 6.32. The largest absolute Gasteiger partial charge is 0.332 e. The maximum absolute atomic E-state index is 13.2. The van der Waals surface area contributed by atoms with Gasteiger partial charge < -0.3 is 4.90 Å². The molecule has 5 nitrogen and oxygen atoms in total. The molecule has 0 spiro atoms. The van der Waals surface area contributed by atoms with Gasteiger partial charge in [-0.05, 0) is 56.6 Å². The van der Waals surface area contributed by atoms with Gasteiger partial charge in [0.05, 0.1) is 16.9 Å². The third kappa shape index (κ3) is 2.65. The molecular formula is C21H25N3O2. The smallest absolute Gasteiger partial charge is 0.261 e. The van der Waals surface area contributed by atoms with Gasteiger partial charge in [0, 0.05) is 19.0 Å². The summed E-state index contributed by atoms with van der Waals surface area (Å²) in [5.74, 6) is 1.87. The highest BCUT2D eigenvalue weighted by molar-refractivity contribution is 5.81. The van der Waals surface area contributed by atoms with Crippen molar-refractivity contribution in [2.75, 3.05) is 6.54 Å². The summed E-state index contributed by atoms with van der Waals surface area (Å²) in [6, 6.07) is 7.56. The minimum atomic E-state index is -0.0424. The van der Waals surface area contributed by atoms with E-state index in [9.17, 15) is 9.59 Å². The molecule has 1 saturated heterocycles. The van der Waals surface area contributed by atoms with Gasteiger partial charge in [0.25, 0.3) is 5.56 Å². The van der Waals surface area contributed by atoms with Crippen LogP contribution in [0.5, 0.6) is 0 Å². The maximum atomic E-state index is 13.2. The molecule has 2 aliphatic carbocycles. The summed E-state index contributed by atoms with van der Waals surface area (Å²) < 4.78 is 1.89. The fourth-order valence-corrected chi connectivity index (χ4v) is 4.36. The first-order valence-electron chi connectivity index (χ1n) is 10.0. The van der Waals surface area contributed by atoms with E-state index < -0.39 is 0 Å². The first-order chi connectivity index (χ1) is 12.7. The molecule has 2 aromatic rings. The predicted molar refractivity (Wildman–Crippen MR) is 99.8 cm³/mol. The van der Waals surface area contributed by atoms with Crippen molar-refractivity contribution in [3.63, 3.8) is 0 Å². The molecule has 1 amide bonds. The standard InChI is InChI=1S/C21H25N3O2/c25-20(15-5-3-6-15)23-12-4-9-18(23)19-22-17-8-2-1-7-16(17)21(26)24(19)13-14-10-11-14/h1-2,7-8,14-15,18H,3-6,9-13H2. The van der Waals surface area contributed by atoms with E-state index >= 15 is 0 Å². The van der Waals surface area contributed by atoms with Crippen LogP contribution in [0, 0.1) is 11.8 Å². The van der Waals surface area contributed by atoms with Crippen LogP contribution in [0.4, 0.5) is 0 Å². The van der Waals surface area contributed by atoms with Gasteiger partial charge in [-0.1, -0.05) is 18.6 Å². The summed E-state index contributed by atoms with van der Waals surface area (Å²) in [5, 5.41) is 0.687. The molecule has 2 heterocycles. The minimum Gasteiger partial charge on any atom is -0.332 e. The fourth-order valence-electron chi connectivity index (χ4n) is 4.36. The summed E-state index contributed by atoms with van der Waals surface area (Å²) in [5.41, 5.74) is 0.808. The number of rotatable bonds is 4.